The Hall–Kier alpha value is -1.19. The van der Waals surface area contributed by atoms with E-state index in [2.05, 4.69) is 0 Å². The van der Waals surface area contributed by atoms with Crippen LogP contribution in [0.1, 0.15) is 28.8 Å². The average molecular weight is 205 g/mol. The molecule has 0 aliphatic heterocycles. The minimum absolute atomic E-state index is 0.0373. The fraction of sp³-hybridized carbons (Fsp3) is 0.417. The molecule has 0 radical (unpaired) electrons. The lowest BCUT2D eigenvalue weighted by Gasteiger charge is -2.12. The van der Waals surface area contributed by atoms with E-state index in [9.17, 15) is 9.90 Å². The van der Waals surface area contributed by atoms with Crippen LogP contribution in [0.15, 0.2) is 24.3 Å². The van der Waals surface area contributed by atoms with Crippen LogP contribution in [0, 0.1) is 0 Å². The molecule has 1 saturated carbocycles. The molecule has 0 heterocycles. The van der Waals surface area contributed by atoms with E-state index in [0.717, 1.165) is 18.4 Å². The van der Waals surface area contributed by atoms with E-state index in [-0.39, 0.29) is 24.3 Å². The number of ketones is 1. The minimum atomic E-state index is -0.0785. The summed E-state index contributed by atoms with van der Waals surface area (Å²) in [6.07, 6.45) is 2.01. The number of benzene rings is 1. The Labute approximate surface area is 88.9 Å². The van der Waals surface area contributed by atoms with Crippen LogP contribution in [0.25, 0.3) is 0 Å². The van der Waals surface area contributed by atoms with Crippen LogP contribution in [0.4, 0.5) is 0 Å². The van der Waals surface area contributed by atoms with Gasteiger partial charge in [-0.15, -0.1) is 0 Å². The monoisotopic (exact) mass is 205 g/mol. The molecule has 0 saturated heterocycles. The van der Waals surface area contributed by atoms with Crippen molar-refractivity contribution in [3.63, 3.8) is 0 Å². The lowest BCUT2D eigenvalue weighted by atomic mass is 9.94. The Morgan fingerprint density at radius 2 is 2.20 bits per heavy atom. The zero-order chi connectivity index (χ0) is 10.9. The molecule has 3 N–H and O–H groups in total. The molecular weight excluding hydrogens is 190 g/mol. The Balaban J connectivity index is 2.31. The summed E-state index contributed by atoms with van der Waals surface area (Å²) in [5, 5.41) is 9.29. The van der Waals surface area contributed by atoms with Gasteiger partial charge in [0.25, 0.3) is 0 Å². The largest absolute Gasteiger partial charge is 0.395 e. The molecule has 0 aromatic heterocycles. The first-order valence-electron chi connectivity index (χ1n) is 5.16. The molecule has 0 atom stereocenters. The molecular formula is C12H15NO2. The van der Waals surface area contributed by atoms with Crippen LogP contribution in [-0.2, 0) is 5.41 Å². The van der Waals surface area contributed by atoms with Crippen molar-refractivity contribution in [2.45, 2.75) is 18.3 Å². The molecule has 1 aliphatic rings. The zero-order valence-electron chi connectivity index (χ0n) is 8.57. The predicted octanol–water partition coefficient (Wildman–Crippen LogP) is 0.852. The summed E-state index contributed by atoms with van der Waals surface area (Å²) in [6.45, 7) is 0.197. The molecule has 15 heavy (non-hydrogen) atoms. The smallest absolute Gasteiger partial charge is 0.176 e. The summed E-state index contributed by atoms with van der Waals surface area (Å²) >= 11 is 0. The number of hydrogen-bond acceptors (Lipinski definition) is 3. The number of rotatable bonds is 4. The molecule has 0 spiro atoms. The van der Waals surface area contributed by atoms with Gasteiger partial charge in [-0.2, -0.15) is 0 Å². The maximum absolute atomic E-state index is 11.4. The van der Waals surface area contributed by atoms with Gasteiger partial charge < -0.3 is 10.8 Å². The van der Waals surface area contributed by atoms with Gasteiger partial charge in [0.05, 0.1) is 13.2 Å². The summed E-state index contributed by atoms with van der Waals surface area (Å²) in [5.74, 6) is -0.0504. The molecule has 1 aliphatic carbocycles. The lowest BCUT2D eigenvalue weighted by molar-refractivity contribution is 0.100. The molecule has 2 rings (SSSR count). The molecule has 3 nitrogen and oxygen atoms in total. The summed E-state index contributed by atoms with van der Waals surface area (Å²) < 4.78 is 0. The fourth-order valence-electron chi connectivity index (χ4n) is 1.83. The molecule has 0 amide bonds. The van der Waals surface area contributed by atoms with Gasteiger partial charge in [-0.3, -0.25) is 4.79 Å². The second-order valence-electron chi connectivity index (χ2n) is 4.15. The molecule has 0 unspecified atom stereocenters. The Bertz CT molecular complexity index is 383. The van der Waals surface area contributed by atoms with Crippen molar-refractivity contribution in [2.75, 3.05) is 13.2 Å². The fourth-order valence-corrected chi connectivity index (χ4v) is 1.83. The number of Topliss-reactive ketones (excluding diaryl/α,β-unsaturated/α-hetero) is 1. The van der Waals surface area contributed by atoms with Gasteiger partial charge in [-0.1, -0.05) is 18.2 Å². The second-order valence-corrected chi connectivity index (χ2v) is 4.15. The van der Waals surface area contributed by atoms with E-state index >= 15 is 0 Å². The van der Waals surface area contributed by atoms with Crippen molar-refractivity contribution >= 4 is 5.78 Å². The lowest BCUT2D eigenvalue weighted by Crippen LogP contribution is -2.16. The zero-order valence-corrected chi connectivity index (χ0v) is 8.57. The molecule has 80 valence electrons. The van der Waals surface area contributed by atoms with Gasteiger partial charge in [0.15, 0.2) is 5.78 Å². The van der Waals surface area contributed by atoms with Crippen LogP contribution < -0.4 is 5.73 Å². The van der Waals surface area contributed by atoms with Crippen LogP contribution in [0.3, 0.4) is 0 Å². The predicted molar refractivity (Wildman–Crippen MR) is 57.8 cm³/mol. The number of hydrogen-bond donors (Lipinski definition) is 2. The van der Waals surface area contributed by atoms with E-state index in [1.807, 2.05) is 18.2 Å². The number of nitrogens with two attached hydrogens (primary N) is 1. The summed E-state index contributed by atoms with van der Waals surface area (Å²) in [4.78, 5) is 11.4. The van der Waals surface area contributed by atoms with Crippen molar-refractivity contribution < 1.29 is 9.90 Å². The number of aliphatic hydroxyl groups is 1. The topological polar surface area (TPSA) is 63.3 Å². The van der Waals surface area contributed by atoms with E-state index < -0.39 is 0 Å². The normalized spacial score (nSPS) is 17.5. The van der Waals surface area contributed by atoms with E-state index in [1.165, 1.54) is 0 Å². The third-order valence-corrected chi connectivity index (χ3v) is 3.14. The van der Waals surface area contributed by atoms with Crippen LogP contribution >= 0.6 is 0 Å². The first-order valence-corrected chi connectivity index (χ1v) is 5.16. The van der Waals surface area contributed by atoms with Crippen molar-refractivity contribution in [1.29, 1.82) is 0 Å². The van der Waals surface area contributed by atoms with Gasteiger partial charge in [-0.05, 0) is 24.5 Å². The van der Waals surface area contributed by atoms with E-state index in [0.29, 0.717) is 5.56 Å². The summed E-state index contributed by atoms with van der Waals surface area (Å²) in [7, 11) is 0. The quantitative estimate of drug-likeness (QED) is 0.716. The Kier molecular flexibility index (Phi) is 2.59. The standard InChI is InChI=1S/C12H15NO2/c13-7-11(15)9-2-1-3-10(6-9)12(8-14)4-5-12/h1-3,6,14H,4-5,7-8,13H2. The van der Waals surface area contributed by atoms with E-state index in [1.54, 1.807) is 6.07 Å². The van der Waals surface area contributed by atoms with Crippen LogP contribution in [0.2, 0.25) is 0 Å². The Morgan fingerprint density at radius 3 is 2.73 bits per heavy atom. The molecule has 1 aromatic carbocycles. The number of carbonyl (C=O) groups is 1. The van der Waals surface area contributed by atoms with Crippen LogP contribution in [-0.4, -0.2) is 24.0 Å². The molecule has 1 aromatic rings. The van der Waals surface area contributed by atoms with Gasteiger partial charge >= 0.3 is 0 Å². The Morgan fingerprint density at radius 1 is 1.47 bits per heavy atom. The highest BCUT2D eigenvalue weighted by atomic mass is 16.3. The van der Waals surface area contributed by atoms with E-state index in [4.69, 9.17) is 5.73 Å². The van der Waals surface area contributed by atoms with Crippen molar-refractivity contribution in [3.05, 3.63) is 35.4 Å². The molecule has 0 bridgehead atoms. The highest BCUT2D eigenvalue weighted by molar-refractivity contribution is 5.97. The molecule has 3 heteroatoms. The average Bonchev–Trinajstić information content (AvgIpc) is 3.09. The van der Waals surface area contributed by atoms with Crippen molar-refractivity contribution in [3.8, 4) is 0 Å². The van der Waals surface area contributed by atoms with Gasteiger partial charge in [-0.25, -0.2) is 0 Å². The highest BCUT2D eigenvalue weighted by Crippen LogP contribution is 2.47. The number of aliphatic hydroxyl groups excluding tert-OH is 1. The number of carbonyl (C=O) groups excluding carboxylic acids is 1. The first-order chi connectivity index (χ1) is 7.22. The summed E-state index contributed by atoms with van der Waals surface area (Å²) in [6, 6.07) is 7.45. The summed E-state index contributed by atoms with van der Waals surface area (Å²) in [5.41, 5.74) is 6.94. The maximum Gasteiger partial charge on any atom is 0.176 e. The second kappa shape index (κ2) is 3.76. The van der Waals surface area contributed by atoms with Gasteiger partial charge in [0.2, 0.25) is 0 Å². The first kappa shape index (κ1) is 10.3. The van der Waals surface area contributed by atoms with Crippen molar-refractivity contribution in [1.82, 2.24) is 0 Å². The minimum Gasteiger partial charge on any atom is -0.395 e. The SMILES string of the molecule is NCC(=O)c1cccc(C2(CO)CC2)c1. The maximum atomic E-state index is 11.4. The van der Waals surface area contributed by atoms with Gasteiger partial charge in [0, 0.05) is 11.0 Å². The van der Waals surface area contributed by atoms with Gasteiger partial charge in [0.1, 0.15) is 0 Å². The third-order valence-electron chi connectivity index (χ3n) is 3.14. The van der Waals surface area contributed by atoms with Crippen LogP contribution in [0.5, 0.6) is 0 Å². The van der Waals surface area contributed by atoms with Crippen molar-refractivity contribution in [2.24, 2.45) is 5.73 Å². The third kappa shape index (κ3) is 1.80. The highest BCUT2D eigenvalue weighted by Gasteiger charge is 2.43. The molecule has 1 fully saturated rings.